The SMILES string of the molecule is CCCN(CC1CC1)C(=O)C1CCN(S(=O)(=O)c2ccc3ccccc3c2)CC1. The van der Waals surface area contributed by atoms with Crippen LogP contribution >= 0.6 is 0 Å². The summed E-state index contributed by atoms with van der Waals surface area (Å²) in [5.41, 5.74) is 0. The first-order valence-corrected chi connectivity index (χ1v) is 12.2. The van der Waals surface area contributed by atoms with Crippen LogP contribution in [0.25, 0.3) is 10.8 Å². The van der Waals surface area contributed by atoms with E-state index in [2.05, 4.69) is 6.92 Å². The van der Waals surface area contributed by atoms with Gasteiger partial charge in [-0.1, -0.05) is 37.3 Å². The van der Waals surface area contributed by atoms with Gasteiger partial charge in [0.1, 0.15) is 0 Å². The van der Waals surface area contributed by atoms with Gasteiger partial charge in [-0.15, -0.1) is 0 Å². The number of nitrogens with zero attached hydrogens (tertiary/aromatic N) is 2. The van der Waals surface area contributed by atoms with Crippen molar-refractivity contribution in [3.8, 4) is 0 Å². The Morgan fingerprint density at radius 2 is 1.72 bits per heavy atom. The van der Waals surface area contributed by atoms with Crippen LogP contribution in [0.4, 0.5) is 0 Å². The number of carbonyl (C=O) groups is 1. The number of hydrogen-bond acceptors (Lipinski definition) is 3. The number of piperidine rings is 1. The number of benzene rings is 2. The number of rotatable bonds is 7. The molecule has 0 radical (unpaired) electrons. The highest BCUT2D eigenvalue weighted by atomic mass is 32.2. The fraction of sp³-hybridized carbons (Fsp3) is 0.522. The van der Waals surface area contributed by atoms with Crippen molar-refractivity contribution in [1.82, 2.24) is 9.21 Å². The number of fused-ring (bicyclic) bond motifs is 1. The molecule has 0 atom stereocenters. The van der Waals surface area contributed by atoms with Gasteiger partial charge in [-0.05, 0) is 60.9 Å². The van der Waals surface area contributed by atoms with E-state index in [9.17, 15) is 13.2 Å². The van der Waals surface area contributed by atoms with Crippen LogP contribution in [-0.2, 0) is 14.8 Å². The second-order valence-electron chi connectivity index (χ2n) is 8.41. The molecule has 1 amide bonds. The van der Waals surface area contributed by atoms with Crippen LogP contribution in [0.1, 0.15) is 39.0 Å². The van der Waals surface area contributed by atoms with Gasteiger partial charge in [0.2, 0.25) is 15.9 Å². The van der Waals surface area contributed by atoms with E-state index < -0.39 is 10.0 Å². The fourth-order valence-electron chi connectivity index (χ4n) is 4.25. The zero-order valence-corrected chi connectivity index (χ0v) is 17.9. The predicted octanol–water partition coefficient (Wildman–Crippen LogP) is 3.89. The molecule has 2 fully saturated rings. The first-order valence-electron chi connectivity index (χ1n) is 10.8. The maximum atomic E-state index is 13.1. The highest BCUT2D eigenvalue weighted by molar-refractivity contribution is 7.89. The third-order valence-corrected chi connectivity index (χ3v) is 8.04. The van der Waals surface area contributed by atoms with Crippen LogP contribution in [0.3, 0.4) is 0 Å². The molecule has 6 heteroatoms. The number of sulfonamides is 1. The van der Waals surface area contributed by atoms with Crippen LogP contribution in [0, 0.1) is 11.8 Å². The summed E-state index contributed by atoms with van der Waals surface area (Å²) in [6.07, 6.45) is 4.65. The van der Waals surface area contributed by atoms with Gasteiger partial charge in [0, 0.05) is 32.1 Å². The zero-order chi connectivity index (χ0) is 20.4. The molecule has 1 heterocycles. The summed E-state index contributed by atoms with van der Waals surface area (Å²) in [6.45, 7) is 4.61. The number of carbonyl (C=O) groups excluding carboxylic acids is 1. The van der Waals surface area contributed by atoms with E-state index in [1.807, 2.05) is 35.2 Å². The van der Waals surface area contributed by atoms with Crippen molar-refractivity contribution < 1.29 is 13.2 Å². The Morgan fingerprint density at radius 1 is 1.03 bits per heavy atom. The molecule has 2 aliphatic rings. The normalized spacial score (nSPS) is 18.8. The van der Waals surface area contributed by atoms with Gasteiger partial charge in [0.25, 0.3) is 0 Å². The lowest BCUT2D eigenvalue weighted by molar-refractivity contribution is -0.137. The minimum absolute atomic E-state index is 0.0525. The second kappa shape index (κ2) is 8.44. The Kier molecular flexibility index (Phi) is 5.93. The highest BCUT2D eigenvalue weighted by Crippen LogP contribution is 2.32. The van der Waals surface area contributed by atoms with Crippen molar-refractivity contribution in [3.63, 3.8) is 0 Å². The lowest BCUT2D eigenvalue weighted by atomic mass is 9.96. The van der Waals surface area contributed by atoms with E-state index in [0.717, 1.165) is 30.3 Å². The van der Waals surface area contributed by atoms with Crippen LogP contribution in [-0.4, -0.2) is 49.7 Å². The highest BCUT2D eigenvalue weighted by Gasteiger charge is 2.35. The maximum absolute atomic E-state index is 13.1. The largest absolute Gasteiger partial charge is 0.342 e. The standard InChI is InChI=1S/C23H30N2O3S/c1-2-13-24(17-18-7-8-18)23(26)20-11-14-25(15-12-20)29(27,28)22-10-9-19-5-3-4-6-21(19)16-22/h3-6,9-10,16,18,20H,2,7-8,11-15,17H2,1H3. The lowest BCUT2D eigenvalue weighted by Gasteiger charge is -2.33. The molecule has 1 aliphatic carbocycles. The van der Waals surface area contributed by atoms with Gasteiger partial charge in [-0.3, -0.25) is 4.79 Å². The first-order chi connectivity index (χ1) is 14.0. The van der Waals surface area contributed by atoms with Gasteiger partial charge in [-0.25, -0.2) is 8.42 Å². The summed E-state index contributed by atoms with van der Waals surface area (Å²) in [5, 5.41) is 1.95. The summed E-state index contributed by atoms with van der Waals surface area (Å²) in [4.78, 5) is 15.3. The van der Waals surface area contributed by atoms with Crippen molar-refractivity contribution in [2.45, 2.75) is 43.9 Å². The Morgan fingerprint density at radius 3 is 2.38 bits per heavy atom. The van der Waals surface area contributed by atoms with Crippen molar-refractivity contribution in [1.29, 1.82) is 0 Å². The molecule has 2 aromatic rings. The maximum Gasteiger partial charge on any atom is 0.243 e. The fourth-order valence-corrected chi connectivity index (χ4v) is 5.76. The topological polar surface area (TPSA) is 57.7 Å². The lowest BCUT2D eigenvalue weighted by Crippen LogP contribution is -2.45. The van der Waals surface area contributed by atoms with Crippen LogP contribution < -0.4 is 0 Å². The zero-order valence-electron chi connectivity index (χ0n) is 17.1. The minimum atomic E-state index is -3.53. The molecule has 0 aromatic heterocycles. The molecule has 4 rings (SSSR count). The average molecular weight is 415 g/mol. The molecule has 29 heavy (non-hydrogen) atoms. The van der Waals surface area contributed by atoms with Crippen LogP contribution in [0.5, 0.6) is 0 Å². The van der Waals surface area contributed by atoms with Gasteiger partial charge in [0.15, 0.2) is 0 Å². The van der Waals surface area contributed by atoms with E-state index in [0.29, 0.717) is 36.7 Å². The molecule has 0 N–H and O–H groups in total. The Bertz CT molecular complexity index is 977. The molecule has 5 nitrogen and oxygen atoms in total. The molecule has 2 aromatic carbocycles. The summed E-state index contributed by atoms with van der Waals surface area (Å²) < 4.78 is 27.8. The van der Waals surface area contributed by atoms with E-state index in [4.69, 9.17) is 0 Å². The third-order valence-electron chi connectivity index (χ3n) is 6.14. The molecule has 1 saturated carbocycles. The molecule has 0 unspecified atom stereocenters. The van der Waals surface area contributed by atoms with Gasteiger partial charge in [-0.2, -0.15) is 4.31 Å². The molecule has 156 valence electrons. The van der Waals surface area contributed by atoms with Crippen molar-refractivity contribution in [2.75, 3.05) is 26.2 Å². The Hall–Kier alpha value is -1.92. The average Bonchev–Trinajstić information content (AvgIpc) is 3.57. The molecule has 0 bridgehead atoms. The van der Waals surface area contributed by atoms with Crippen molar-refractivity contribution in [2.24, 2.45) is 11.8 Å². The quantitative estimate of drug-likeness (QED) is 0.691. The van der Waals surface area contributed by atoms with E-state index in [1.54, 1.807) is 16.4 Å². The van der Waals surface area contributed by atoms with Crippen molar-refractivity contribution >= 4 is 26.7 Å². The molecule has 1 saturated heterocycles. The molecular formula is C23H30N2O3S. The van der Waals surface area contributed by atoms with Crippen molar-refractivity contribution in [3.05, 3.63) is 42.5 Å². The van der Waals surface area contributed by atoms with Gasteiger partial charge >= 0.3 is 0 Å². The van der Waals surface area contributed by atoms with E-state index in [-0.39, 0.29) is 11.8 Å². The summed E-state index contributed by atoms with van der Waals surface area (Å²) in [7, 11) is -3.53. The smallest absolute Gasteiger partial charge is 0.243 e. The van der Waals surface area contributed by atoms with Crippen LogP contribution in [0.15, 0.2) is 47.4 Å². The first kappa shape index (κ1) is 20.4. The number of amides is 1. The van der Waals surface area contributed by atoms with E-state index in [1.165, 1.54) is 12.8 Å². The molecule has 0 spiro atoms. The second-order valence-corrected chi connectivity index (χ2v) is 10.4. The summed E-state index contributed by atoms with van der Waals surface area (Å²) in [5.74, 6) is 0.851. The third kappa shape index (κ3) is 4.48. The molecule has 1 aliphatic heterocycles. The number of hydrogen-bond donors (Lipinski definition) is 0. The summed E-state index contributed by atoms with van der Waals surface area (Å²) in [6, 6.07) is 13.1. The monoisotopic (exact) mass is 414 g/mol. The predicted molar refractivity (Wildman–Crippen MR) is 115 cm³/mol. The molecular weight excluding hydrogens is 384 g/mol. The van der Waals surface area contributed by atoms with Gasteiger partial charge < -0.3 is 4.90 Å². The Balaban J connectivity index is 1.42. The van der Waals surface area contributed by atoms with Gasteiger partial charge in [0.05, 0.1) is 4.90 Å². The minimum Gasteiger partial charge on any atom is -0.342 e. The summed E-state index contributed by atoms with van der Waals surface area (Å²) >= 11 is 0. The van der Waals surface area contributed by atoms with E-state index >= 15 is 0 Å². The Labute approximate surface area is 173 Å². The van der Waals surface area contributed by atoms with Crippen LogP contribution in [0.2, 0.25) is 0 Å².